The molecule has 0 aromatic heterocycles. The number of alkyl halides is 1. The number of nitrogens with zero attached hydrogens (tertiary/aromatic N) is 3. The van der Waals surface area contributed by atoms with Crippen LogP contribution in [0.4, 0.5) is 0 Å². The lowest BCUT2D eigenvalue weighted by atomic mass is 9.87. The molecule has 0 aromatic carbocycles. The molecule has 0 amide bonds. The van der Waals surface area contributed by atoms with Crippen LogP contribution in [0.15, 0.2) is 0 Å². The molecule has 0 rings (SSSR count). The highest BCUT2D eigenvalue weighted by atomic mass is 127. The SMILES string of the molecule is CC(C)(CI)C([N+](=O)[O-])([N+](=O)[O-])[N+](=O)[O-]. The van der Waals surface area contributed by atoms with E-state index in [0.717, 1.165) is 13.8 Å². The van der Waals surface area contributed by atoms with E-state index < -0.39 is 26.0 Å². The summed E-state index contributed by atoms with van der Waals surface area (Å²) in [6.07, 6.45) is 0. The van der Waals surface area contributed by atoms with E-state index in [2.05, 4.69) is 0 Å². The number of hydrogen-bond donors (Lipinski definition) is 0. The van der Waals surface area contributed by atoms with Crippen molar-refractivity contribution in [3.05, 3.63) is 30.3 Å². The van der Waals surface area contributed by atoms with Crippen molar-refractivity contribution >= 4 is 22.6 Å². The molecule has 0 aromatic rings. The summed E-state index contributed by atoms with van der Waals surface area (Å²) in [6.45, 7) is 2.24. The van der Waals surface area contributed by atoms with E-state index >= 15 is 0 Å². The molecule has 0 saturated carbocycles. The molecule has 0 aliphatic rings. The average Bonchev–Trinajstić information content (AvgIpc) is 2.02. The van der Waals surface area contributed by atoms with Gasteiger partial charge in [-0.3, -0.25) is 30.3 Å². The first-order chi connectivity index (χ1) is 6.64. The summed E-state index contributed by atoms with van der Waals surface area (Å²) < 4.78 is -0.0896. The lowest BCUT2D eigenvalue weighted by Crippen LogP contribution is -2.63. The highest BCUT2D eigenvalue weighted by Crippen LogP contribution is 2.36. The summed E-state index contributed by atoms with van der Waals surface area (Å²) in [5.41, 5.74) is -1.69. The average molecular weight is 333 g/mol. The van der Waals surface area contributed by atoms with Gasteiger partial charge in [-0.15, -0.1) is 0 Å². The first-order valence-corrected chi connectivity index (χ1v) is 5.16. The Bertz CT molecular complexity index is 280. The van der Waals surface area contributed by atoms with E-state index in [1.165, 1.54) is 0 Å². The van der Waals surface area contributed by atoms with E-state index in [9.17, 15) is 30.3 Å². The second kappa shape index (κ2) is 4.20. The zero-order valence-corrected chi connectivity index (χ0v) is 10.0. The topological polar surface area (TPSA) is 129 Å². The van der Waals surface area contributed by atoms with E-state index in [1.807, 2.05) is 0 Å². The maximum Gasteiger partial charge on any atom is 0.705 e. The molecule has 9 nitrogen and oxygen atoms in total. The van der Waals surface area contributed by atoms with Gasteiger partial charge in [0.05, 0.1) is 0 Å². The van der Waals surface area contributed by atoms with Crippen LogP contribution in [-0.4, -0.2) is 25.0 Å². The van der Waals surface area contributed by atoms with Crippen LogP contribution in [-0.2, 0) is 0 Å². The molecule has 86 valence electrons. The normalized spacial score (nSPS) is 12.2. The Kier molecular flexibility index (Phi) is 3.90. The second-order valence-corrected chi connectivity index (χ2v) is 4.19. The Labute approximate surface area is 97.4 Å². The van der Waals surface area contributed by atoms with Crippen LogP contribution in [0.2, 0.25) is 0 Å². The van der Waals surface area contributed by atoms with Crippen molar-refractivity contribution in [2.45, 2.75) is 19.6 Å². The molecule has 15 heavy (non-hydrogen) atoms. The quantitative estimate of drug-likeness (QED) is 0.242. The number of nitro groups is 3. The lowest BCUT2D eigenvalue weighted by Gasteiger charge is -2.21. The van der Waals surface area contributed by atoms with Gasteiger partial charge in [-0.2, -0.15) is 0 Å². The Morgan fingerprint density at radius 2 is 1.27 bits per heavy atom. The maximum atomic E-state index is 10.6. The minimum atomic E-state index is -3.39. The predicted octanol–water partition coefficient (Wildman–Crippen LogP) is 0.931. The van der Waals surface area contributed by atoms with Crippen LogP contribution in [0.3, 0.4) is 0 Å². The fourth-order valence-corrected chi connectivity index (χ4v) is 1.54. The molecule has 0 bridgehead atoms. The third-order valence-corrected chi connectivity index (χ3v) is 3.91. The molecule has 0 heterocycles. The molecule has 0 spiro atoms. The highest BCUT2D eigenvalue weighted by Gasteiger charge is 2.80. The van der Waals surface area contributed by atoms with Gasteiger partial charge in [0.2, 0.25) is 0 Å². The van der Waals surface area contributed by atoms with Gasteiger partial charge in [-0.25, -0.2) is 0 Å². The van der Waals surface area contributed by atoms with Gasteiger partial charge in [0.1, 0.15) is 0 Å². The molecule has 0 N–H and O–H groups in total. The molecule has 0 atom stereocenters. The van der Waals surface area contributed by atoms with Gasteiger partial charge in [-0.1, -0.05) is 22.6 Å². The molecule has 0 fully saturated rings. The van der Waals surface area contributed by atoms with Crippen molar-refractivity contribution in [3.8, 4) is 0 Å². The Hall–Kier alpha value is -1.07. The maximum absolute atomic E-state index is 10.6. The summed E-state index contributed by atoms with van der Waals surface area (Å²) in [7, 11) is 0. The van der Waals surface area contributed by atoms with Gasteiger partial charge in [0.25, 0.3) is 0 Å². The molecule has 0 saturated heterocycles. The molecular weight excluding hydrogens is 325 g/mol. The van der Waals surface area contributed by atoms with Crippen LogP contribution in [0.1, 0.15) is 13.8 Å². The van der Waals surface area contributed by atoms with Crippen LogP contribution < -0.4 is 0 Å². The van der Waals surface area contributed by atoms with E-state index in [0.29, 0.717) is 0 Å². The van der Waals surface area contributed by atoms with Crippen molar-refractivity contribution in [1.29, 1.82) is 0 Å². The number of halogens is 1. The minimum absolute atomic E-state index is 0.0896. The largest absolute Gasteiger partial charge is 0.705 e. The highest BCUT2D eigenvalue weighted by molar-refractivity contribution is 14.1. The third kappa shape index (κ3) is 1.85. The van der Waals surface area contributed by atoms with E-state index in [-0.39, 0.29) is 4.43 Å². The molecule has 0 unspecified atom stereocenters. The fourth-order valence-electron chi connectivity index (χ4n) is 1.03. The van der Waals surface area contributed by atoms with Gasteiger partial charge in [-0.05, 0) is 13.8 Å². The smallest absolute Gasteiger partial charge is 0.253 e. The predicted molar refractivity (Wildman–Crippen MR) is 56.4 cm³/mol. The molecule has 0 aliphatic heterocycles. The summed E-state index contributed by atoms with van der Waals surface area (Å²) in [6, 6.07) is 0. The van der Waals surface area contributed by atoms with Gasteiger partial charge in [0.15, 0.2) is 20.2 Å². The van der Waals surface area contributed by atoms with Crippen molar-refractivity contribution in [2.24, 2.45) is 5.41 Å². The van der Waals surface area contributed by atoms with Gasteiger partial charge < -0.3 is 0 Å². The Balaban J connectivity index is 5.87. The molecule has 0 radical (unpaired) electrons. The molecule has 10 heteroatoms. The van der Waals surface area contributed by atoms with E-state index in [4.69, 9.17) is 0 Å². The van der Waals surface area contributed by atoms with Crippen LogP contribution in [0.5, 0.6) is 0 Å². The fraction of sp³-hybridized carbons (Fsp3) is 1.00. The zero-order valence-electron chi connectivity index (χ0n) is 7.88. The standard InChI is InChI=1S/C5H8IN3O6/c1-4(2,3-6)5(7(10)11,8(12)13)9(14)15/h3H2,1-2H3. The van der Waals surface area contributed by atoms with Crippen molar-refractivity contribution in [2.75, 3.05) is 4.43 Å². The Morgan fingerprint density at radius 3 is 1.33 bits per heavy atom. The first kappa shape index (κ1) is 13.9. The zero-order chi connectivity index (χ0) is 12.4. The van der Waals surface area contributed by atoms with Crippen molar-refractivity contribution < 1.29 is 14.8 Å². The summed E-state index contributed by atoms with van der Waals surface area (Å²) >= 11 is 1.64. The molecular formula is C5H8IN3O6. The summed E-state index contributed by atoms with van der Waals surface area (Å²) in [4.78, 5) is 27.5. The number of hydrogen-bond acceptors (Lipinski definition) is 6. The van der Waals surface area contributed by atoms with Crippen molar-refractivity contribution in [3.63, 3.8) is 0 Å². The van der Waals surface area contributed by atoms with Crippen LogP contribution in [0, 0.1) is 35.8 Å². The second-order valence-electron chi connectivity index (χ2n) is 3.42. The van der Waals surface area contributed by atoms with E-state index in [1.54, 1.807) is 22.6 Å². The van der Waals surface area contributed by atoms with Crippen LogP contribution in [0.25, 0.3) is 0 Å². The molecule has 0 aliphatic carbocycles. The van der Waals surface area contributed by atoms with Crippen LogP contribution >= 0.6 is 22.6 Å². The first-order valence-electron chi connectivity index (χ1n) is 3.64. The Morgan fingerprint density at radius 1 is 1.00 bits per heavy atom. The third-order valence-electron chi connectivity index (χ3n) is 2.01. The lowest BCUT2D eigenvalue weighted by molar-refractivity contribution is -0.984. The minimum Gasteiger partial charge on any atom is -0.253 e. The summed E-state index contributed by atoms with van der Waals surface area (Å²) in [5, 5.41) is 31.9. The van der Waals surface area contributed by atoms with Gasteiger partial charge in [0, 0.05) is 4.43 Å². The van der Waals surface area contributed by atoms with Gasteiger partial charge >= 0.3 is 5.79 Å². The summed E-state index contributed by atoms with van der Waals surface area (Å²) in [5.74, 6) is -3.39. The van der Waals surface area contributed by atoms with Crippen molar-refractivity contribution in [1.82, 2.24) is 0 Å². The number of rotatable bonds is 5. The monoisotopic (exact) mass is 333 g/mol.